The van der Waals surface area contributed by atoms with Gasteiger partial charge in [-0.1, -0.05) is 28.9 Å². The van der Waals surface area contributed by atoms with Gasteiger partial charge in [-0.25, -0.2) is 0 Å². The maximum atomic E-state index is 12.6. The Labute approximate surface area is 163 Å². The van der Waals surface area contributed by atoms with E-state index >= 15 is 0 Å². The largest absolute Gasteiger partial charge is 0.378 e. The molecule has 4 rings (SSSR count). The number of halogens is 1. The van der Waals surface area contributed by atoms with Crippen LogP contribution in [-0.2, 0) is 16.1 Å². The molecule has 2 fully saturated rings. The van der Waals surface area contributed by atoms with Crippen LogP contribution in [0.15, 0.2) is 28.8 Å². The van der Waals surface area contributed by atoms with Gasteiger partial charge in [0.05, 0.1) is 24.8 Å². The minimum absolute atomic E-state index is 0.112. The Hall–Kier alpha value is -1.96. The van der Waals surface area contributed by atoms with E-state index in [2.05, 4.69) is 15.0 Å². The van der Waals surface area contributed by atoms with Crippen LogP contribution in [0.1, 0.15) is 18.7 Å². The summed E-state index contributed by atoms with van der Waals surface area (Å²) in [6.45, 7) is 5.02. The van der Waals surface area contributed by atoms with Gasteiger partial charge >= 0.3 is 0 Å². The zero-order chi connectivity index (χ0) is 18.6. The van der Waals surface area contributed by atoms with Crippen molar-refractivity contribution in [2.75, 3.05) is 39.4 Å². The lowest BCUT2D eigenvalue weighted by molar-refractivity contribution is -0.141. The summed E-state index contributed by atoms with van der Waals surface area (Å²) in [4.78, 5) is 21.3. The number of nitrogens with zero attached hydrogens (tertiary/aromatic N) is 4. The Bertz CT molecular complexity index is 783. The van der Waals surface area contributed by atoms with E-state index in [1.54, 1.807) is 0 Å². The second-order valence-corrected chi connectivity index (χ2v) is 7.39. The third kappa shape index (κ3) is 4.31. The van der Waals surface area contributed by atoms with Gasteiger partial charge in [-0.3, -0.25) is 9.69 Å². The van der Waals surface area contributed by atoms with E-state index in [0.29, 0.717) is 49.6 Å². The molecular formula is C19H23ClN4O3. The summed E-state index contributed by atoms with van der Waals surface area (Å²) in [6.07, 6.45) is 1.73. The molecular weight excluding hydrogens is 368 g/mol. The first-order valence-corrected chi connectivity index (χ1v) is 9.75. The van der Waals surface area contributed by atoms with Crippen molar-refractivity contribution in [1.82, 2.24) is 19.9 Å². The molecule has 2 aromatic rings. The van der Waals surface area contributed by atoms with Crippen LogP contribution < -0.4 is 0 Å². The molecule has 2 aliphatic rings. The van der Waals surface area contributed by atoms with E-state index in [9.17, 15) is 4.79 Å². The summed E-state index contributed by atoms with van der Waals surface area (Å²) >= 11 is 6.19. The van der Waals surface area contributed by atoms with Gasteiger partial charge < -0.3 is 14.2 Å². The number of piperidine rings is 1. The predicted octanol–water partition coefficient (Wildman–Crippen LogP) is 2.46. The summed E-state index contributed by atoms with van der Waals surface area (Å²) in [5.41, 5.74) is 0.768. The normalized spacial score (nSPS) is 19.4. The fourth-order valence-electron chi connectivity index (χ4n) is 3.64. The number of ether oxygens (including phenoxy) is 1. The fourth-order valence-corrected chi connectivity index (χ4v) is 3.86. The lowest BCUT2D eigenvalue weighted by Gasteiger charge is -2.35. The van der Waals surface area contributed by atoms with Crippen molar-refractivity contribution >= 4 is 17.5 Å². The maximum absolute atomic E-state index is 12.6. The highest BCUT2D eigenvalue weighted by Crippen LogP contribution is 2.26. The van der Waals surface area contributed by atoms with Gasteiger partial charge in [0.25, 0.3) is 0 Å². The fraction of sp³-hybridized carbons (Fsp3) is 0.526. The highest BCUT2D eigenvalue weighted by atomic mass is 35.5. The van der Waals surface area contributed by atoms with Crippen molar-refractivity contribution in [3.63, 3.8) is 0 Å². The number of rotatable bonds is 4. The number of hydrogen-bond acceptors (Lipinski definition) is 6. The Morgan fingerprint density at radius 3 is 2.63 bits per heavy atom. The van der Waals surface area contributed by atoms with Crippen LogP contribution in [0.3, 0.4) is 0 Å². The predicted molar refractivity (Wildman–Crippen MR) is 100 cm³/mol. The molecule has 2 aliphatic heterocycles. The average molecular weight is 391 g/mol. The third-order valence-corrected chi connectivity index (χ3v) is 5.53. The number of aromatic nitrogens is 2. The zero-order valence-corrected chi connectivity index (χ0v) is 15.9. The number of likely N-dealkylation sites (tertiary alicyclic amines) is 1. The number of morpholine rings is 1. The topological polar surface area (TPSA) is 71.7 Å². The molecule has 0 N–H and O–H groups in total. The molecule has 8 heteroatoms. The van der Waals surface area contributed by atoms with Gasteiger partial charge in [-0.15, -0.1) is 0 Å². The zero-order valence-electron chi connectivity index (χ0n) is 15.1. The number of benzene rings is 1. The van der Waals surface area contributed by atoms with E-state index in [-0.39, 0.29) is 11.8 Å². The quantitative estimate of drug-likeness (QED) is 0.798. The molecule has 27 heavy (non-hydrogen) atoms. The van der Waals surface area contributed by atoms with E-state index in [0.717, 1.165) is 31.5 Å². The van der Waals surface area contributed by atoms with Gasteiger partial charge in [-0.05, 0) is 38.1 Å². The van der Waals surface area contributed by atoms with Crippen molar-refractivity contribution in [1.29, 1.82) is 0 Å². The van der Waals surface area contributed by atoms with E-state index in [4.69, 9.17) is 20.9 Å². The van der Waals surface area contributed by atoms with Gasteiger partial charge in [0.15, 0.2) is 0 Å². The standard InChI is InChI=1S/C19H23ClN4O3/c20-16-4-2-1-3-15(16)18-21-17(27-22-18)13-23-7-5-14(6-8-23)19(25)24-9-11-26-12-10-24/h1-4,14H,5-13H2. The van der Waals surface area contributed by atoms with E-state index < -0.39 is 0 Å². The molecule has 1 aromatic heterocycles. The third-order valence-electron chi connectivity index (χ3n) is 5.20. The lowest BCUT2D eigenvalue weighted by atomic mass is 9.95. The minimum atomic E-state index is 0.112. The molecule has 0 radical (unpaired) electrons. The lowest BCUT2D eigenvalue weighted by Crippen LogP contribution is -2.46. The smallest absolute Gasteiger partial charge is 0.241 e. The average Bonchev–Trinajstić information content (AvgIpc) is 3.17. The van der Waals surface area contributed by atoms with E-state index in [1.807, 2.05) is 29.2 Å². The van der Waals surface area contributed by atoms with Crippen LogP contribution in [0, 0.1) is 5.92 Å². The van der Waals surface area contributed by atoms with Crippen molar-refractivity contribution in [2.24, 2.45) is 5.92 Å². The molecule has 1 amide bonds. The summed E-state index contributed by atoms with van der Waals surface area (Å²) in [6, 6.07) is 7.45. The molecule has 144 valence electrons. The maximum Gasteiger partial charge on any atom is 0.241 e. The molecule has 1 aromatic carbocycles. The first-order valence-electron chi connectivity index (χ1n) is 9.37. The number of carbonyl (C=O) groups is 1. The van der Waals surface area contributed by atoms with Crippen molar-refractivity contribution < 1.29 is 14.1 Å². The Morgan fingerprint density at radius 1 is 1.15 bits per heavy atom. The van der Waals surface area contributed by atoms with Crippen molar-refractivity contribution in [3.8, 4) is 11.4 Å². The molecule has 0 saturated carbocycles. The van der Waals surface area contributed by atoms with Gasteiger partial charge in [0, 0.05) is 24.6 Å². The summed E-state index contributed by atoms with van der Waals surface area (Å²) < 4.78 is 10.7. The number of hydrogen-bond donors (Lipinski definition) is 0. The molecule has 0 aliphatic carbocycles. The molecule has 2 saturated heterocycles. The van der Waals surface area contributed by atoms with Crippen molar-refractivity contribution in [3.05, 3.63) is 35.2 Å². The first-order chi connectivity index (χ1) is 13.2. The molecule has 0 bridgehead atoms. The van der Waals surface area contributed by atoms with Crippen molar-refractivity contribution in [2.45, 2.75) is 19.4 Å². The van der Waals surface area contributed by atoms with Gasteiger partial charge in [-0.2, -0.15) is 4.98 Å². The Balaban J connectivity index is 1.31. The molecule has 7 nitrogen and oxygen atoms in total. The summed E-state index contributed by atoms with van der Waals surface area (Å²) in [5.74, 6) is 1.47. The highest BCUT2D eigenvalue weighted by molar-refractivity contribution is 6.33. The molecule has 0 atom stereocenters. The van der Waals surface area contributed by atoms with Gasteiger partial charge in [0.1, 0.15) is 0 Å². The minimum Gasteiger partial charge on any atom is -0.378 e. The van der Waals surface area contributed by atoms with Crippen LogP contribution in [0.5, 0.6) is 0 Å². The number of carbonyl (C=O) groups excluding carboxylic acids is 1. The highest BCUT2D eigenvalue weighted by Gasteiger charge is 2.30. The Kier molecular flexibility index (Phi) is 5.71. The van der Waals surface area contributed by atoms with Crippen LogP contribution >= 0.6 is 11.6 Å². The number of amides is 1. The first kappa shape index (κ1) is 18.4. The molecule has 3 heterocycles. The van der Waals surface area contributed by atoms with Crippen LogP contribution in [0.25, 0.3) is 11.4 Å². The SMILES string of the molecule is O=C(C1CCN(Cc2nc(-c3ccccc3Cl)no2)CC1)N1CCOCC1. The molecule has 0 spiro atoms. The monoisotopic (exact) mass is 390 g/mol. The van der Waals surface area contributed by atoms with Crippen LogP contribution in [-0.4, -0.2) is 65.2 Å². The second-order valence-electron chi connectivity index (χ2n) is 6.98. The summed E-state index contributed by atoms with van der Waals surface area (Å²) in [7, 11) is 0. The molecule has 0 unspecified atom stereocenters. The Morgan fingerprint density at radius 2 is 1.89 bits per heavy atom. The van der Waals surface area contributed by atoms with Crippen LogP contribution in [0.4, 0.5) is 0 Å². The summed E-state index contributed by atoms with van der Waals surface area (Å²) in [5, 5.41) is 4.65. The van der Waals surface area contributed by atoms with E-state index in [1.165, 1.54) is 0 Å². The second kappa shape index (κ2) is 8.37. The van der Waals surface area contributed by atoms with Gasteiger partial charge in [0.2, 0.25) is 17.6 Å². The van der Waals surface area contributed by atoms with Crippen LogP contribution in [0.2, 0.25) is 5.02 Å².